The molecule has 3 rings (SSSR count). The highest BCUT2D eigenvalue weighted by Crippen LogP contribution is 2.26. The number of morpholine rings is 1. The maximum absolute atomic E-state index is 5.96. The van der Waals surface area contributed by atoms with Crippen molar-refractivity contribution in [3.05, 3.63) is 30.5 Å². The second-order valence-corrected chi connectivity index (χ2v) is 4.98. The highest BCUT2D eigenvalue weighted by atomic mass is 16.5. The van der Waals surface area contributed by atoms with E-state index in [9.17, 15) is 0 Å². The van der Waals surface area contributed by atoms with Crippen molar-refractivity contribution in [2.24, 2.45) is 0 Å². The van der Waals surface area contributed by atoms with Crippen LogP contribution < -0.4 is 11.1 Å². The van der Waals surface area contributed by atoms with Gasteiger partial charge in [-0.2, -0.15) is 0 Å². The van der Waals surface area contributed by atoms with Crippen molar-refractivity contribution in [2.45, 2.75) is 0 Å². The predicted octanol–water partition coefficient (Wildman–Crippen LogP) is 1.56. The molecule has 0 unspecified atom stereocenters. The Kier molecular flexibility index (Phi) is 3.99. The Morgan fingerprint density at radius 1 is 1.25 bits per heavy atom. The smallest absolute Gasteiger partial charge is 0.0951 e. The summed E-state index contributed by atoms with van der Waals surface area (Å²) in [5.74, 6) is 0. The molecule has 0 spiro atoms. The van der Waals surface area contributed by atoms with E-state index >= 15 is 0 Å². The van der Waals surface area contributed by atoms with Gasteiger partial charge in [0.2, 0.25) is 0 Å². The number of rotatable bonds is 4. The second kappa shape index (κ2) is 6.07. The summed E-state index contributed by atoms with van der Waals surface area (Å²) < 4.78 is 5.35. The first-order valence-electron chi connectivity index (χ1n) is 7.02. The summed E-state index contributed by atoms with van der Waals surface area (Å²) in [7, 11) is 0. The van der Waals surface area contributed by atoms with Crippen LogP contribution in [0, 0.1) is 0 Å². The number of anilines is 2. The number of nitrogens with zero attached hydrogens (tertiary/aromatic N) is 2. The Morgan fingerprint density at radius 2 is 2.10 bits per heavy atom. The van der Waals surface area contributed by atoms with Crippen LogP contribution in [0.25, 0.3) is 10.9 Å². The number of nitrogens with one attached hydrogen (secondary N) is 1. The van der Waals surface area contributed by atoms with Crippen LogP contribution in [0.5, 0.6) is 0 Å². The fraction of sp³-hybridized carbons (Fsp3) is 0.400. The SMILES string of the molecule is Nc1ccc(NCCN2CCOCC2)c2cccnc12. The highest BCUT2D eigenvalue weighted by molar-refractivity contribution is 5.98. The average Bonchev–Trinajstić information content (AvgIpc) is 2.51. The van der Waals surface area contributed by atoms with Gasteiger partial charge in [-0.15, -0.1) is 0 Å². The van der Waals surface area contributed by atoms with E-state index in [4.69, 9.17) is 10.5 Å². The van der Waals surface area contributed by atoms with Crippen LogP contribution in [0.2, 0.25) is 0 Å². The molecule has 2 heterocycles. The lowest BCUT2D eigenvalue weighted by Gasteiger charge is -2.26. The van der Waals surface area contributed by atoms with Gasteiger partial charge in [0.1, 0.15) is 0 Å². The third kappa shape index (κ3) is 2.84. The molecule has 0 saturated carbocycles. The summed E-state index contributed by atoms with van der Waals surface area (Å²) in [6, 6.07) is 7.93. The zero-order valence-electron chi connectivity index (χ0n) is 11.5. The molecule has 0 radical (unpaired) electrons. The van der Waals surface area contributed by atoms with E-state index in [0.717, 1.165) is 61.7 Å². The highest BCUT2D eigenvalue weighted by Gasteiger charge is 2.10. The maximum Gasteiger partial charge on any atom is 0.0951 e. The molecule has 0 amide bonds. The lowest BCUT2D eigenvalue weighted by molar-refractivity contribution is 0.0398. The van der Waals surface area contributed by atoms with Gasteiger partial charge in [-0.05, 0) is 24.3 Å². The van der Waals surface area contributed by atoms with E-state index in [1.807, 2.05) is 18.2 Å². The maximum atomic E-state index is 5.96. The monoisotopic (exact) mass is 272 g/mol. The van der Waals surface area contributed by atoms with Crippen molar-refractivity contribution in [1.29, 1.82) is 0 Å². The number of nitrogen functional groups attached to an aromatic ring is 1. The molecule has 0 bridgehead atoms. The Morgan fingerprint density at radius 3 is 2.95 bits per heavy atom. The van der Waals surface area contributed by atoms with Crippen LogP contribution in [0.15, 0.2) is 30.5 Å². The Bertz CT molecular complexity index is 581. The lowest BCUT2D eigenvalue weighted by Crippen LogP contribution is -2.39. The van der Waals surface area contributed by atoms with Gasteiger partial charge in [0, 0.05) is 43.4 Å². The minimum Gasteiger partial charge on any atom is -0.397 e. The van der Waals surface area contributed by atoms with Crippen molar-refractivity contribution in [1.82, 2.24) is 9.88 Å². The summed E-state index contributed by atoms with van der Waals surface area (Å²) in [6.07, 6.45) is 1.77. The molecule has 0 atom stereocenters. The minimum absolute atomic E-state index is 0.722. The van der Waals surface area contributed by atoms with E-state index in [-0.39, 0.29) is 0 Å². The van der Waals surface area contributed by atoms with Crippen molar-refractivity contribution < 1.29 is 4.74 Å². The molecule has 1 aromatic carbocycles. The van der Waals surface area contributed by atoms with Gasteiger partial charge in [-0.3, -0.25) is 9.88 Å². The van der Waals surface area contributed by atoms with Gasteiger partial charge < -0.3 is 15.8 Å². The van der Waals surface area contributed by atoms with E-state index < -0.39 is 0 Å². The Hall–Kier alpha value is -1.85. The molecule has 1 aliphatic heterocycles. The molecule has 106 valence electrons. The Balaban J connectivity index is 1.67. The summed E-state index contributed by atoms with van der Waals surface area (Å²) in [5.41, 5.74) is 8.64. The zero-order valence-corrected chi connectivity index (χ0v) is 11.5. The molecule has 5 heteroatoms. The van der Waals surface area contributed by atoms with Gasteiger partial charge in [0.05, 0.1) is 24.4 Å². The number of aromatic nitrogens is 1. The van der Waals surface area contributed by atoms with Crippen LogP contribution in [-0.2, 0) is 4.74 Å². The van der Waals surface area contributed by atoms with Crippen LogP contribution >= 0.6 is 0 Å². The molecule has 1 fully saturated rings. The molecule has 2 aromatic rings. The van der Waals surface area contributed by atoms with Crippen LogP contribution in [0.4, 0.5) is 11.4 Å². The van der Waals surface area contributed by atoms with Gasteiger partial charge in [0.25, 0.3) is 0 Å². The fourth-order valence-corrected chi connectivity index (χ4v) is 2.52. The van der Waals surface area contributed by atoms with Crippen molar-refractivity contribution in [3.8, 4) is 0 Å². The van der Waals surface area contributed by atoms with Crippen LogP contribution in [-0.4, -0.2) is 49.3 Å². The first kappa shape index (κ1) is 13.1. The Labute approximate surface area is 118 Å². The summed E-state index contributed by atoms with van der Waals surface area (Å²) in [4.78, 5) is 6.76. The first-order valence-corrected chi connectivity index (χ1v) is 7.02. The summed E-state index contributed by atoms with van der Waals surface area (Å²) >= 11 is 0. The average molecular weight is 272 g/mol. The molecule has 3 N–H and O–H groups in total. The van der Waals surface area contributed by atoms with Gasteiger partial charge >= 0.3 is 0 Å². The number of nitrogens with two attached hydrogens (primary N) is 1. The number of pyridine rings is 1. The molecular weight excluding hydrogens is 252 g/mol. The molecule has 20 heavy (non-hydrogen) atoms. The first-order chi connectivity index (χ1) is 9.84. The number of fused-ring (bicyclic) bond motifs is 1. The van der Waals surface area contributed by atoms with E-state index in [0.29, 0.717) is 0 Å². The summed E-state index contributed by atoms with van der Waals surface area (Å²) in [6.45, 7) is 5.66. The quantitative estimate of drug-likeness (QED) is 0.827. The number of hydrogen-bond donors (Lipinski definition) is 2. The standard InChI is InChI=1S/C15H20N4O/c16-13-3-4-14(12-2-1-5-18-15(12)13)17-6-7-19-8-10-20-11-9-19/h1-5,17H,6-11,16H2. The zero-order chi connectivity index (χ0) is 13.8. The van der Waals surface area contributed by atoms with Gasteiger partial charge in [-0.1, -0.05) is 0 Å². The lowest BCUT2D eigenvalue weighted by atomic mass is 10.1. The third-order valence-corrected chi connectivity index (χ3v) is 3.65. The number of hydrogen-bond acceptors (Lipinski definition) is 5. The van der Waals surface area contributed by atoms with Crippen molar-refractivity contribution >= 4 is 22.3 Å². The van der Waals surface area contributed by atoms with Gasteiger partial charge in [-0.25, -0.2) is 0 Å². The molecule has 1 aliphatic rings. The predicted molar refractivity (Wildman–Crippen MR) is 81.9 cm³/mol. The number of ether oxygens (including phenoxy) is 1. The molecule has 0 aliphatic carbocycles. The molecular formula is C15H20N4O. The van der Waals surface area contributed by atoms with E-state index in [1.165, 1.54) is 0 Å². The largest absolute Gasteiger partial charge is 0.397 e. The van der Waals surface area contributed by atoms with Crippen LogP contribution in [0.1, 0.15) is 0 Å². The second-order valence-electron chi connectivity index (χ2n) is 4.98. The fourth-order valence-electron chi connectivity index (χ4n) is 2.52. The summed E-state index contributed by atoms with van der Waals surface area (Å²) in [5, 5.41) is 4.56. The van der Waals surface area contributed by atoms with Crippen molar-refractivity contribution in [2.75, 3.05) is 50.4 Å². The van der Waals surface area contributed by atoms with E-state index in [2.05, 4.69) is 21.3 Å². The molecule has 1 saturated heterocycles. The van der Waals surface area contributed by atoms with Crippen LogP contribution in [0.3, 0.4) is 0 Å². The molecule has 5 nitrogen and oxygen atoms in total. The third-order valence-electron chi connectivity index (χ3n) is 3.65. The topological polar surface area (TPSA) is 63.4 Å². The normalized spacial score (nSPS) is 16.4. The van der Waals surface area contributed by atoms with Gasteiger partial charge in [0.15, 0.2) is 0 Å². The minimum atomic E-state index is 0.722. The molecule has 1 aromatic heterocycles. The van der Waals surface area contributed by atoms with Crippen molar-refractivity contribution in [3.63, 3.8) is 0 Å². The van der Waals surface area contributed by atoms with E-state index in [1.54, 1.807) is 6.20 Å². The number of benzene rings is 1.